The Kier molecular flexibility index (Phi) is 11.9. The molecule has 0 aromatic heterocycles. The molecule has 12 heteroatoms. The first kappa shape index (κ1) is 34.7. The first-order chi connectivity index (χ1) is 20.2. The lowest BCUT2D eigenvalue weighted by Crippen LogP contribution is -2.55. The van der Waals surface area contributed by atoms with Gasteiger partial charge in [0.2, 0.25) is 11.8 Å². The largest absolute Gasteiger partial charge is 0.494 e. The van der Waals surface area contributed by atoms with E-state index in [1.165, 1.54) is 17.0 Å². The van der Waals surface area contributed by atoms with Gasteiger partial charge in [0.1, 0.15) is 18.3 Å². The lowest BCUT2D eigenvalue weighted by Gasteiger charge is -2.34. The quantitative estimate of drug-likeness (QED) is 0.217. The van der Waals surface area contributed by atoms with E-state index in [4.69, 9.17) is 27.9 Å². The van der Waals surface area contributed by atoms with Gasteiger partial charge in [0.25, 0.3) is 10.0 Å². The highest BCUT2D eigenvalue weighted by atomic mass is 79.9. The number of sulfonamides is 1. The number of anilines is 1. The first-order valence-electron chi connectivity index (χ1n) is 13.7. The maximum atomic E-state index is 14.2. The predicted molar refractivity (Wildman–Crippen MR) is 175 cm³/mol. The van der Waals surface area contributed by atoms with Gasteiger partial charge < -0.3 is 15.0 Å². The standard InChI is InChI=1S/C31H36BrCl2N3O5S/c1-6-28(30(39)35-31(3,4)5)36(19-21-8-17-26(33)27(34)18-21)29(38)20-37(23-11-13-24(14-12-23)42-7-2)43(40,41)25-15-9-22(32)10-16-25/h8-18,28H,6-7,19-20H2,1-5H3,(H,35,39)/t28-/m0/s1. The second-order valence-electron chi connectivity index (χ2n) is 10.8. The molecule has 0 aliphatic heterocycles. The number of carbonyl (C=O) groups is 2. The molecule has 2 amide bonds. The molecule has 0 spiro atoms. The molecule has 3 aromatic carbocycles. The molecule has 0 unspecified atom stereocenters. The highest BCUT2D eigenvalue weighted by molar-refractivity contribution is 9.10. The van der Waals surface area contributed by atoms with Gasteiger partial charge in [0.05, 0.1) is 27.2 Å². The van der Waals surface area contributed by atoms with E-state index in [1.807, 2.05) is 27.7 Å². The van der Waals surface area contributed by atoms with Crippen molar-refractivity contribution in [2.45, 2.75) is 64.1 Å². The minimum absolute atomic E-state index is 0.00123. The van der Waals surface area contributed by atoms with Gasteiger partial charge in [-0.05, 0) is 100 Å². The van der Waals surface area contributed by atoms with Crippen LogP contribution in [0.2, 0.25) is 10.0 Å². The Morgan fingerprint density at radius 2 is 1.58 bits per heavy atom. The Balaban J connectivity index is 2.09. The van der Waals surface area contributed by atoms with Crippen molar-refractivity contribution in [3.8, 4) is 5.75 Å². The summed E-state index contributed by atoms with van der Waals surface area (Å²) in [6, 6.07) is 16.7. The van der Waals surface area contributed by atoms with Gasteiger partial charge in [0.15, 0.2) is 0 Å². The Morgan fingerprint density at radius 1 is 0.953 bits per heavy atom. The van der Waals surface area contributed by atoms with Crippen molar-refractivity contribution in [3.63, 3.8) is 0 Å². The van der Waals surface area contributed by atoms with Gasteiger partial charge >= 0.3 is 0 Å². The number of nitrogens with one attached hydrogen (secondary N) is 1. The highest BCUT2D eigenvalue weighted by Crippen LogP contribution is 2.28. The summed E-state index contributed by atoms with van der Waals surface area (Å²) in [6.45, 7) is 9.07. The van der Waals surface area contributed by atoms with Crippen molar-refractivity contribution in [1.82, 2.24) is 10.2 Å². The van der Waals surface area contributed by atoms with Crippen LogP contribution in [-0.2, 0) is 26.2 Å². The summed E-state index contributed by atoms with van der Waals surface area (Å²) in [6.07, 6.45) is 0.289. The van der Waals surface area contributed by atoms with E-state index in [0.29, 0.717) is 32.4 Å². The number of carbonyl (C=O) groups excluding carboxylic acids is 2. The van der Waals surface area contributed by atoms with Gasteiger partial charge in [-0.15, -0.1) is 0 Å². The molecule has 43 heavy (non-hydrogen) atoms. The van der Waals surface area contributed by atoms with E-state index in [2.05, 4.69) is 21.2 Å². The monoisotopic (exact) mass is 711 g/mol. The van der Waals surface area contributed by atoms with E-state index in [9.17, 15) is 18.0 Å². The van der Waals surface area contributed by atoms with Gasteiger partial charge in [-0.2, -0.15) is 0 Å². The molecular formula is C31H36BrCl2N3O5S. The molecule has 232 valence electrons. The normalized spacial score (nSPS) is 12.4. The van der Waals surface area contributed by atoms with Crippen LogP contribution in [0.15, 0.2) is 76.1 Å². The van der Waals surface area contributed by atoms with Crippen molar-refractivity contribution in [3.05, 3.63) is 86.8 Å². The molecule has 0 aliphatic carbocycles. The molecule has 0 fully saturated rings. The van der Waals surface area contributed by atoms with Crippen LogP contribution in [0.4, 0.5) is 5.69 Å². The lowest BCUT2D eigenvalue weighted by atomic mass is 10.1. The molecule has 3 aromatic rings. The number of amides is 2. The summed E-state index contributed by atoms with van der Waals surface area (Å²) in [5.41, 5.74) is 0.344. The van der Waals surface area contributed by atoms with Crippen molar-refractivity contribution in [1.29, 1.82) is 0 Å². The second kappa shape index (κ2) is 14.8. The van der Waals surface area contributed by atoms with Crippen LogP contribution in [0.1, 0.15) is 46.6 Å². The van der Waals surface area contributed by atoms with E-state index in [1.54, 1.807) is 61.5 Å². The van der Waals surface area contributed by atoms with Crippen molar-refractivity contribution in [2.75, 3.05) is 17.5 Å². The number of rotatable bonds is 12. The van der Waals surface area contributed by atoms with Crippen LogP contribution in [0.3, 0.4) is 0 Å². The second-order valence-corrected chi connectivity index (χ2v) is 14.4. The third-order valence-corrected chi connectivity index (χ3v) is 9.39. The minimum Gasteiger partial charge on any atom is -0.494 e. The fraction of sp³-hybridized carbons (Fsp3) is 0.355. The number of benzene rings is 3. The van der Waals surface area contributed by atoms with Crippen LogP contribution >= 0.6 is 39.1 Å². The summed E-state index contributed by atoms with van der Waals surface area (Å²) in [5.74, 6) is -0.368. The molecule has 3 rings (SSSR count). The number of hydrogen-bond acceptors (Lipinski definition) is 5. The van der Waals surface area contributed by atoms with Gasteiger partial charge in [-0.25, -0.2) is 8.42 Å². The highest BCUT2D eigenvalue weighted by Gasteiger charge is 2.34. The predicted octanol–water partition coefficient (Wildman–Crippen LogP) is 7.07. The summed E-state index contributed by atoms with van der Waals surface area (Å²) in [7, 11) is -4.21. The van der Waals surface area contributed by atoms with Crippen molar-refractivity contribution in [2.24, 2.45) is 0 Å². The Labute approximate surface area is 272 Å². The van der Waals surface area contributed by atoms with E-state index >= 15 is 0 Å². The Bertz CT molecular complexity index is 1530. The SMILES string of the molecule is CCOc1ccc(N(CC(=O)N(Cc2ccc(Cl)c(Cl)c2)[C@@H](CC)C(=O)NC(C)(C)C)S(=O)(=O)c2ccc(Br)cc2)cc1. The Morgan fingerprint density at radius 3 is 2.12 bits per heavy atom. The molecule has 8 nitrogen and oxygen atoms in total. The number of nitrogens with zero attached hydrogens (tertiary/aromatic N) is 2. The molecule has 0 radical (unpaired) electrons. The Hall–Kier alpha value is -2.79. The molecular weight excluding hydrogens is 677 g/mol. The van der Waals surface area contributed by atoms with Crippen LogP contribution in [0, 0.1) is 0 Å². The summed E-state index contributed by atoms with van der Waals surface area (Å²) in [4.78, 5) is 29.0. The average molecular weight is 714 g/mol. The summed E-state index contributed by atoms with van der Waals surface area (Å²) in [5, 5.41) is 3.59. The lowest BCUT2D eigenvalue weighted by molar-refractivity contribution is -0.141. The minimum atomic E-state index is -4.21. The number of hydrogen-bond donors (Lipinski definition) is 1. The average Bonchev–Trinajstić information content (AvgIpc) is 2.93. The van der Waals surface area contributed by atoms with Gasteiger partial charge in [-0.3, -0.25) is 13.9 Å². The number of halogens is 3. The van der Waals surface area contributed by atoms with E-state index < -0.39 is 34.1 Å². The zero-order chi connectivity index (χ0) is 31.9. The van der Waals surface area contributed by atoms with Crippen molar-refractivity contribution >= 4 is 66.7 Å². The van der Waals surface area contributed by atoms with E-state index in [0.717, 1.165) is 4.31 Å². The molecule has 0 saturated heterocycles. The van der Waals surface area contributed by atoms with Crippen LogP contribution in [0.25, 0.3) is 0 Å². The zero-order valence-electron chi connectivity index (χ0n) is 24.7. The fourth-order valence-corrected chi connectivity index (χ4v) is 6.34. The van der Waals surface area contributed by atoms with Crippen LogP contribution in [0.5, 0.6) is 5.75 Å². The fourth-order valence-electron chi connectivity index (χ4n) is 4.34. The molecule has 0 heterocycles. The smallest absolute Gasteiger partial charge is 0.264 e. The maximum Gasteiger partial charge on any atom is 0.264 e. The third kappa shape index (κ3) is 9.35. The maximum absolute atomic E-state index is 14.2. The van der Waals surface area contributed by atoms with Crippen LogP contribution in [-0.4, -0.2) is 49.9 Å². The molecule has 1 N–H and O–H groups in total. The first-order valence-corrected chi connectivity index (χ1v) is 16.7. The van der Waals surface area contributed by atoms with Gasteiger partial charge in [-0.1, -0.05) is 52.1 Å². The summed E-state index contributed by atoms with van der Waals surface area (Å²) >= 11 is 15.7. The topological polar surface area (TPSA) is 96.0 Å². The van der Waals surface area contributed by atoms with Gasteiger partial charge in [0, 0.05) is 16.6 Å². The molecule has 0 bridgehead atoms. The molecule has 0 aliphatic rings. The number of ether oxygens (including phenoxy) is 1. The van der Waals surface area contributed by atoms with Crippen LogP contribution < -0.4 is 14.4 Å². The van der Waals surface area contributed by atoms with E-state index in [-0.39, 0.29) is 29.5 Å². The molecule has 0 saturated carbocycles. The van der Waals surface area contributed by atoms with Crippen molar-refractivity contribution < 1.29 is 22.7 Å². The molecule has 1 atom stereocenters. The zero-order valence-corrected chi connectivity index (χ0v) is 28.6. The third-order valence-electron chi connectivity index (χ3n) is 6.34. The summed E-state index contributed by atoms with van der Waals surface area (Å²) < 4.78 is 35.3.